The molecule has 150 valence electrons. The van der Waals surface area contributed by atoms with Crippen LogP contribution in [0.4, 0.5) is 10.5 Å². The Morgan fingerprint density at radius 3 is 2.56 bits per heavy atom. The summed E-state index contributed by atoms with van der Waals surface area (Å²) < 4.78 is 6.70. The highest BCUT2D eigenvalue weighted by Gasteiger charge is 2.41. The van der Waals surface area contributed by atoms with Gasteiger partial charge in [0.1, 0.15) is 5.60 Å². The van der Waals surface area contributed by atoms with Crippen molar-refractivity contribution in [2.45, 2.75) is 77.4 Å². The first-order chi connectivity index (χ1) is 12.6. The normalized spacial score (nSPS) is 23.5. The molecule has 1 atom stereocenters. The molecule has 0 aromatic heterocycles. The van der Waals surface area contributed by atoms with Gasteiger partial charge in [0, 0.05) is 41.3 Å². The van der Waals surface area contributed by atoms with E-state index in [1.54, 1.807) is 0 Å². The molecule has 0 radical (unpaired) electrons. The first-order valence-corrected chi connectivity index (χ1v) is 11.0. The van der Waals surface area contributed by atoms with E-state index < -0.39 is 5.60 Å². The number of benzene rings is 1. The van der Waals surface area contributed by atoms with Crippen molar-refractivity contribution in [1.82, 2.24) is 4.90 Å². The second-order valence-corrected chi connectivity index (χ2v) is 10.2. The van der Waals surface area contributed by atoms with Crippen LogP contribution in [0.5, 0.6) is 0 Å². The predicted molar refractivity (Wildman–Crippen MR) is 115 cm³/mol. The summed E-state index contributed by atoms with van der Waals surface area (Å²) in [4.78, 5) is 16.8. The maximum absolute atomic E-state index is 12.4. The molecular formula is C22H33BrN2O2. The van der Waals surface area contributed by atoms with Crippen molar-refractivity contribution < 1.29 is 9.53 Å². The summed E-state index contributed by atoms with van der Waals surface area (Å²) in [5, 5.41) is 0. The average Bonchev–Trinajstić information content (AvgIpc) is 2.86. The maximum Gasteiger partial charge on any atom is 0.410 e. The fourth-order valence-electron chi connectivity index (χ4n) is 4.57. The van der Waals surface area contributed by atoms with Crippen molar-refractivity contribution in [2.75, 3.05) is 24.5 Å². The van der Waals surface area contributed by atoms with Gasteiger partial charge in [-0.3, -0.25) is 0 Å². The molecule has 0 aliphatic carbocycles. The highest BCUT2D eigenvalue weighted by atomic mass is 79.9. The molecular weight excluding hydrogens is 404 g/mol. The summed E-state index contributed by atoms with van der Waals surface area (Å²) in [6.45, 7) is 13.0. The molecule has 1 aromatic rings. The van der Waals surface area contributed by atoms with Gasteiger partial charge >= 0.3 is 6.09 Å². The number of fused-ring (bicyclic) bond motifs is 1. The number of halogens is 1. The lowest BCUT2D eigenvalue weighted by Crippen LogP contribution is -2.48. The molecule has 27 heavy (non-hydrogen) atoms. The van der Waals surface area contributed by atoms with Gasteiger partial charge in [-0.05, 0) is 63.8 Å². The number of hydrogen-bond acceptors (Lipinski definition) is 3. The van der Waals surface area contributed by atoms with E-state index in [1.165, 1.54) is 24.1 Å². The lowest BCUT2D eigenvalue weighted by Gasteiger charge is -2.39. The number of amides is 1. The molecule has 1 amide bonds. The Morgan fingerprint density at radius 1 is 1.30 bits per heavy atom. The Hall–Kier alpha value is -1.23. The SMILES string of the molecule is CCCC1(C)CN(C2CCN(C(=O)OC(C)(C)C)CC2)c2ccc(Br)cc21. The minimum atomic E-state index is -0.433. The van der Waals surface area contributed by atoms with Crippen LogP contribution in [0.3, 0.4) is 0 Å². The molecule has 2 heterocycles. The summed E-state index contributed by atoms with van der Waals surface area (Å²) in [5.41, 5.74) is 2.62. The maximum atomic E-state index is 12.4. The van der Waals surface area contributed by atoms with E-state index in [0.717, 1.165) is 36.9 Å². The number of likely N-dealkylation sites (tertiary alicyclic amines) is 1. The van der Waals surface area contributed by atoms with Crippen molar-refractivity contribution in [1.29, 1.82) is 0 Å². The molecule has 2 aliphatic rings. The Labute approximate surface area is 172 Å². The average molecular weight is 437 g/mol. The van der Waals surface area contributed by atoms with Crippen molar-refractivity contribution in [3.8, 4) is 0 Å². The van der Waals surface area contributed by atoms with E-state index in [2.05, 4.69) is 52.9 Å². The number of piperidine rings is 1. The van der Waals surface area contributed by atoms with Gasteiger partial charge in [0.15, 0.2) is 0 Å². The third kappa shape index (κ3) is 4.44. The highest BCUT2D eigenvalue weighted by Crippen LogP contribution is 2.46. The summed E-state index contributed by atoms with van der Waals surface area (Å²) in [6.07, 6.45) is 4.20. The molecule has 1 unspecified atom stereocenters. The zero-order chi connectivity index (χ0) is 19.8. The number of rotatable bonds is 3. The summed E-state index contributed by atoms with van der Waals surface area (Å²) in [6, 6.07) is 7.21. The zero-order valence-corrected chi connectivity index (χ0v) is 18.9. The Bertz CT molecular complexity index is 692. The topological polar surface area (TPSA) is 32.8 Å². The Morgan fingerprint density at radius 2 is 1.96 bits per heavy atom. The largest absolute Gasteiger partial charge is 0.444 e. The van der Waals surface area contributed by atoms with Crippen LogP contribution in [-0.4, -0.2) is 42.3 Å². The second-order valence-electron chi connectivity index (χ2n) is 9.30. The van der Waals surface area contributed by atoms with Crippen molar-refractivity contribution in [3.05, 3.63) is 28.2 Å². The standard InChI is InChI=1S/C22H33BrN2O2/c1-6-11-22(5)15-25(19-8-7-16(23)14-18(19)22)17-9-12-24(13-10-17)20(26)27-21(2,3)4/h7-8,14,17H,6,9-13,15H2,1-5H3. The molecule has 3 rings (SSSR count). The molecule has 1 saturated heterocycles. The van der Waals surface area contributed by atoms with Crippen LogP contribution in [0.25, 0.3) is 0 Å². The van der Waals surface area contributed by atoms with Crippen LogP contribution in [0.1, 0.15) is 65.9 Å². The first kappa shape index (κ1) is 20.5. The molecule has 1 aromatic carbocycles. The number of hydrogen-bond donors (Lipinski definition) is 0. The predicted octanol–water partition coefficient (Wildman–Crippen LogP) is 5.73. The molecule has 1 fully saturated rings. The molecule has 0 spiro atoms. The fraction of sp³-hybridized carbons (Fsp3) is 0.682. The number of anilines is 1. The van der Waals surface area contributed by atoms with Crippen molar-refractivity contribution >= 4 is 27.7 Å². The second kappa shape index (κ2) is 7.65. The third-order valence-corrected chi connectivity index (χ3v) is 6.29. The van der Waals surface area contributed by atoms with Crippen LogP contribution in [0, 0.1) is 0 Å². The van der Waals surface area contributed by atoms with Crippen LogP contribution in [0.15, 0.2) is 22.7 Å². The number of carbonyl (C=O) groups is 1. The number of nitrogens with zero attached hydrogens (tertiary/aromatic N) is 2. The molecule has 4 nitrogen and oxygen atoms in total. The van der Waals surface area contributed by atoms with Gasteiger partial charge in [-0.1, -0.05) is 36.2 Å². The quantitative estimate of drug-likeness (QED) is 0.606. The lowest BCUT2D eigenvalue weighted by molar-refractivity contribution is 0.0204. The number of ether oxygens (including phenoxy) is 1. The fourth-order valence-corrected chi connectivity index (χ4v) is 4.93. The van der Waals surface area contributed by atoms with Gasteiger partial charge in [0.25, 0.3) is 0 Å². The summed E-state index contributed by atoms with van der Waals surface area (Å²) in [5.74, 6) is 0. The number of carbonyl (C=O) groups excluding carboxylic acids is 1. The molecule has 2 aliphatic heterocycles. The third-order valence-electron chi connectivity index (χ3n) is 5.80. The summed E-state index contributed by atoms with van der Waals surface area (Å²) >= 11 is 3.65. The Balaban J connectivity index is 1.71. The lowest BCUT2D eigenvalue weighted by atomic mass is 9.80. The van der Waals surface area contributed by atoms with E-state index in [-0.39, 0.29) is 11.5 Å². The minimum Gasteiger partial charge on any atom is -0.444 e. The van der Waals surface area contributed by atoms with Crippen molar-refractivity contribution in [3.63, 3.8) is 0 Å². The van der Waals surface area contributed by atoms with Gasteiger partial charge in [0.05, 0.1) is 0 Å². The van der Waals surface area contributed by atoms with Gasteiger partial charge in [-0.25, -0.2) is 4.79 Å². The molecule has 5 heteroatoms. The van der Waals surface area contributed by atoms with Gasteiger partial charge < -0.3 is 14.5 Å². The summed E-state index contributed by atoms with van der Waals surface area (Å²) in [7, 11) is 0. The molecule has 0 bridgehead atoms. The van der Waals surface area contributed by atoms with Crippen molar-refractivity contribution in [2.24, 2.45) is 0 Å². The monoisotopic (exact) mass is 436 g/mol. The first-order valence-electron chi connectivity index (χ1n) is 10.2. The Kier molecular flexibility index (Phi) is 5.81. The van der Waals surface area contributed by atoms with Gasteiger partial charge in [-0.2, -0.15) is 0 Å². The van der Waals surface area contributed by atoms with E-state index in [9.17, 15) is 4.79 Å². The van der Waals surface area contributed by atoms with E-state index in [0.29, 0.717) is 6.04 Å². The minimum absolute atomic E-state index is 0.178. The van der Waals surface area contributed by atoms with Gasteiger partial charge in [-0.15, -0.1) is 0 Å². The molecule has 0 N–H and O–H groups in total. The van der Waals surface area contributed by atoms with Crippen LogP contribution in [-0.2, 0) is 10.2 Å². The van der Waals surface area contributed by atoms with E-state index in [4.69, 9.17) is 4.74 Å². The highest BCUT2D eigenvalue weighted by molar-refractivity contribution is 9.10. The van der Waals surface area contributed by atoms with Crippen LogP contribution in [0.2, 0.25) is 0 Å². The van der Waals surface area contributed by atoms with E-state index in [1.807, 2.05) is 25.7 Å². The van der Waals surface area contributed by atoms with Crippen LogP contribution < -0.4 is 4.90 Å². The zero-order valence-electron chi connectivity index (χ0n) is 17.3. The molecule has 0 saturated carbocycles. The van der Waals surface area contributed by atoms with E-state index >= 15 is 0 Å². The van der Waals surface area contributed by atoms with Crippen LogP contribution >= 0.6 is 15.9 Å². The smallest absolute Gasteiger partial charge is 0.410 e. The van der Waals surface area contributed by atoms with Gasteiger partial charge in [0.2, 0.25) is 0 Å².